The fraction of sp³-hybridized carbons (Fsp3) is 0.421. The van der Waals surface area contributed by atoms with Gasteiger partial charge in [-0.3, -0.25) is 4.68 Å². The first-order valence-electron chi connectivity index (χ1n) is 9.21. The van der Waals surface area contributed by atoms with E-state index in [-0.39, 0.29) is 0 Å². The normalized spacial score (nSPS) is 15.0. The highest BCUT2D eigenvalue weighted by Gasteiger charge is 2.16. The molecule has 2 aromatic heterocycles. The maximum Gasteiger partial charge on any atom is 0.148 e. The Morgan fingerprint density at radius 1 is 1.19 bits per heavy atom. The molecule has 1 N–H and O–H groups in total. The highest BCUT2D eigenvalue weighted by Crippen LogP contribution is 2.30. The van der Waals surface area contributed by atoms with Gasteiger partial charge in [0, 0.05) is 43.7 Å². The van der Waals surface area contributed by atoms with Gasteiger partial charge < -0.3 is 15.1 Å². The molecule has 0 atom stereocenters. The number of nitrogens with one attached hydrogen (secondary N) is 1. The number of anilines is 1. The molecule has 1 aliphatic heterocycles. The first-order valence-corrected chi connectivity index (χ1v) is 9.59. The van der Waals surface area contributed by atoms with Crippen LogP contribution in [0.3, 0.4) is 0 Å². The molecule has 0 amide bonds. The van der Waals surface area contributed by atoms with Gasteiger partial charge >= 0.3 is 0 Å². The van der Waals surface area contributed by atoms with Crippen LogP contribution in [0.15, 0.2) is 30.5 Å². The Morgan fingerprint density at radius 3 is 2.78 bits per heavy atom. The van der Waals surface area contributed by atoms with Crippen molar-refractivity contribution in [3.05, 3.63) is 35.5 Å². The van der Waals surface area contributed by atoms with E-state index in [4.69, 9.17) is 16.6 Å². The van der Waals surface area contributed by atoms with Crippen molar-refractivity contribution in [3.63, 3.8) is 0 Å². The molecule has 142 valence electrons. The molecule has 8 heteroatoms. The van der Waals surface area contributed by atoms with E-state index in [0.29, 0.717) is 5.02 Å². The largest absolute Gasteiger partial charge is 0.353 e. The van der Waals surface area contributed by atoms with Crippen molar-refractivity contribution in [2.45, 2.75) is 6.54 Å². The monoisotopic (exact) mass is 385 g/mol. The molecule has 1 aromatic carbocycles. The summed E-state index contributed by atoms with van der Waals surface area (Å²) in [6.45, 7) is 5.50. The summed E-state index contributed by atoms with van der Waals surface area (Å²) in [6.07, 6.45) is 1.98. The summed E-state index contributed by atoms with van der Waals surface area (Å²) in [5.41, 5.74) is 2.82. The number of aromatic nitrogens is 4. The number of hydrogen-bond acceptors (Lipinski definition) is 6. The van der Waals surface area contributed by atoms with Gasteiger partial charge in [0.05, 0.1) is 23.3 Å². The van der Waals surface area contributed by atoms with Gasteiger partial charge in [0.2, 0.25) is 0 Å². The summed E-state index contributed by atoms with van der Waals surface area (Å²) in [4.78, 5) is 9.17. The smallest absolute Gasteiger partial charge is 0.148 e. The Bertz CT molecular complexity index is 931. The molecule has 1 saturated heterocycles. The second kappa shape index (κ2) is 7.80. The molecule has 7 nitrogen and oxygen atoms in total. The third-order valence-corrected chi connectivity index (χ3v) is 5.06. The highest BCUT2D eigenvalue weighted by molar-refractivity contribution is 6.33. The number of halogens is 1. The van der Waals surface area contributed by atoms with Gasteiger partial charge in [0.1, 0.15) is 11.5 Å². The van der Waals surface area contributed by atoms with Gasteiger partial charge in [-0.15, -0.1) is 5.10 Å². The lowest BCUT2D eigenvalue weighted by Crippen LogP contribution is -2.44. The highest BCUT2D eigenvalue weighted by atomic mass is 35.5. The van der Waals surface area contributed by atoms with Crippen molar-refractivity contribution in [1.29, 1.82) is 0 Å². The van der Waals surface area contributed by atoms with Crippen molar-refractivity contribution >= 4 is 28.3 Å². The van der Waals surface area contributed by atoms with E-state index in [1.165, 1.54) is 0 Å². The average molecular weight is 386 g/mol. The van der Waals surface area contributed by atoms with Crippen LogP contribution in [0.2, 0.25) is 5.02 Å². The molecule has 1 fully saturated rings. The lowest BCUT2D eigenvalue weighted by Gasteiger charge is -2.29. The van der Waals surface area contributed by atoms with E-state index in [0.717, 1.165) is 67.2 Å². The van der Waals surface area contributed by atoms with E-state index in [2.05, 4.69) is 31.5 Å². The van der Waals surface area contributed by atoms with Crippen molar-refractivity contribution in [3.8, 4) is 11.3 Å². The lowest BCUT2D eigenvalue weighted by molar-refractivity contribution is 0.370. The number of hydrogen-bond donors (Lipinski definition) is 1. The predicted octanol–water partition coefficient (Wildman–Crippen LogP) is 2.12. The molecular weight excluding hydrogens is 362 g/mol. The topological polar surface area (TPSA) is 62.1 Å². The Morgan fingerprint density at radius 2 is 2.00 bits per heavy atom. The van der Waals surface area contributed by atoms with Crippen molar-refractivity contribution in [1.82, 2.24) is 30.2 Å². The standard InChI is InChI=1S/C19H24ClN7/c1-25(2)9-10-27-13-18(23-24-27)14-3-4-17-15(11-14)12-16(20)19(22-17)26-7-5-21-6-8-26/h3-4,11-13,21H,5-10H2,1-2H3. The minimum Gasteiger partial charge on any atom is -0.353 e. The van der Waals surface area contributed by atoms with Gasteiger partial charge in [-0.05, 0) is 32.3 Å². The van der Waals surface area contributed by atoms with Gasteiger partial charge in [-0.2, -0.15) is 0 Å². The summed E-state index contributed by atoms with van der Waals surface area (Å²) >= 11 is 6.55. The predicted molar refractivity (Wildman–Crippen MR) is 109 cm³/mol. The van der Waals surface area contributed by atoms with E-state index >= 15 is 0 Å². The second-order valence-corrected chi connectivity index (χ2v) is 7.52. The first kappa shape index (κ1) is 18.2. The van der Waals surface area contributed by atoms with Crippen LogP contribution in [0.5, 0.6) is 0 Å². The van der Waals surface area contributed by atoms with Crippen LogP contribution >= 0.6 is 11.6 Å². The van der Waals surface area contributed by atoms with E-state index in [1.807, 2.05) is 43.2 Å². The quantitative estimate of drug-likeness (QED) is 0.725. The third-order valence-electron chi connectivity index (χ3n) is 4.78. The number of pyridine rings is 1. The Labute approximate surface area is 163 Å². The number of rotatable bonds is 5. The number of likely N-dealkylation sites (N-methyl/N-ethyl adjacent to an activating group) is 1. The number of nitrogens with zero attached hydrogens (tertiary/aromatic N) is 6. The van der Waals surface area contributed by atoms with Crippen molar-refractivity contribution in [2.75, 3.05) is 51.7 Å². The Kier molecular flexibility index (Phi) is 5.24. The van der Waals surface area contributed by atoms with Gasteiger partial charge in [0.15, 0.2) is 0 Å². The SMILES string of the molecule is CN(C)CCn1cc(-c2ccc3nc(N4CCNCC4)c(Cl)cc3c2)nn1. The molecule has 0 aliphatic carbocycles. The molecule has 1 aliphatic rings. The average Bonchev–Trinajstić information content (AvgIpc) is 3.15. The van der Waals surface area contributed by atoms with Crippen molar-refractivity contribution < 1.29 is 0 Å². The molecular formula is C19H24ClN7. The van der Waals surface area contributed by atoms with Crippen LogP contribution in [-0.4, -0.2) is 71.7 Å². The lowest BCUT2D eigenvalue weighted by atomic mass is 10.1. The molecule has 0 bridgehead atoms. The van der Waals surface area contributed by atoms with Crippen LogP contribution in [0.4, 0.5) is 5.82 Å². The summed E-state index contributed by atoms with van der Waals surface area (Å²) in [5, 5.41) is 13.6. The molecule has 4 rings (SSSR count). The fourth-order valence-corrected chi connectivity index (χ4v) is 3.52. The van der Waals surface area contributed by atoms with Crippen LogP contribution in [0, 0.1) is 0 Å². The molecule has 0 saturated carbocycles. The van der Waals surface area contributed by atoms with E-state index < -0.39 is 0 Å². The van der Waals surface area contributed by atoms with Crippen molar-refractivity contribution in [2.24, 2.45) is 0 Å². The fourth-order valence-electron chi connectivity index (χ4n) is 3.24. The van der Waals surface area contributed by atoms with Gasteiger partial charge in [-0.1, -0.05) is 22.9 Å². The zero-order valence-corrected chi connectivity index (χ0v) is 16.4. The molecule has 3 heterocycles. The van der Waals surface area contributed by atoms with Crippen LogP contribution in [-0.2, 0) is 6.54 Å². The van der Waals surface area contributed by atoms with Crippen LogP contribution in [0.1, 0.15) is 0 Å². The molecule has 0 radical (unpaired) electrons. The zero-order valence-electron chi connectivity index (χ0n) is 15.7. The number of benzene rings is 1. The summed E-state index contributed by atoms with van der Waals surface area (Å²) in [5.74, 6) is 0.869. The van der Waals surface area contributed by atoms with E-state index in [1.54, 1.807) is 0 Å². The summed E-state index contributed by atoms with van der Waals surface area (Å²) < 4.78 is 1.87. The molecule has 3 aromatic rings. The molecule has 0 unspecified atom stereocenters. The summed E-state index contributed by atoms with van der Waals surface area (Å²) in [6, 6.07) is 8.16. The zero-order chi connectivity index (χ0) is 18.8. The maximum atomic E-state index is 6.55. The maximum absolute atomic E-state index is 6.55. The Hall–Kier alpha value is -2.22. The molecule has 0 spiro atoms. The number of piperazine rings is 1. The Balaban J connectivity index is 1.61. The summed E-state index contributed by atoms with van der Waals surface area (Å²) in [7, 11) is 4.10. The minimum atomic E-state index is 0.691. The van der Waals surface area contributed by atoms with E-state index in [9.17, 15) is 0 Å². The first-order chi connectivity index (χ1) is 13.1. The molecule has 27 heavy (non-hydrogen) atoms. The van der Waals surface area contributed by atoms with Gasteiger partial charge in [-0.25, -0.2) is 4.98 Å². The van der Waals surface area contributed by atoms with Gasteiger partial charge in [0.25, 0.3) is 0 Å². The van der Waals surface area contributed by atoms with Crippen LogP contribution < -0.4 is 10.2 Å². The third kappa shape index (κ3) is 4.05. The van der Waals surface area contributed by atoms with Crippen LogP contribution in [0.25, 0.3) is 22.2 Å². The second-order valence-electron chi connectivity index (χ2n) is 7.11. The number of fused-ring (bicyclic) bond motifs is 1. The minimum absolute atomic E-state index is 0.691.